The molecule has 115 valence electrons. The Morgan fingerprint density at radius 2 is 1.45 bits per heavy atom. The minimum atomic E-state index is -3.64. The predicted octanol–water partition coefficient (Wildman–Crippen LogP) is 3.24. The molecule has 2 aromatic carbocycles. The second-order valence-corrected chi connectivity index (χ2v) is 7.74. The Labute approximate surface area is 131 Å². The molecule has 5 heteroatoms. The topological polar surface area (TPSA) is 63.2 Å². The second-order valence-electron chi connectivity index (χ2n) is 6.06. The second kappa shape index (κ2) is 5.93. The summed E-state index contributed by atoms with van der Waals surface area (Å²) < 4.78 is 27.1. The molecule has 2 rings (SSSR count). The summed E-state index contributed by atoms with van der Waals surface area (Å²) in [6.45, 7) is 6.21. The van der Waals surface area contributed by atoms with Gasteiger partial charge in [-0.3, -0.25) is 9.52 Å². The van der Waals surface area contributed by atoms with Gasteiger partial charge in [-0.15, -0.1) is 0 Å². The van der Waals surface area contributed by atoms with Crippen molar-refractivity contribution in [3.8, 4) is 0 Å². The van der Waals surface area contributed by atoms with Crippen molar-refractivity contribution >= 4 is 22.0 Å². The molecule has 1 radical (unpaired) electrons. The maximum atomic E-state index is 12.3. The zero-order valence-electron chi connectivity index (χ0n) is 12.8. The number of sulfonamides is 1. The van der Waals surface area contributed by atoms with Crippen LogP contribution in [0.25, 0.3) is 0 Å². The molecule has 2 aromatic rings. The van der Waals surface area contributed by atoms with Crippen molar-refractivity contribution in [1.82, 2.24) is 0 Å². The molecule has 0 heterocycles. The summed E-state index contributed by atoms with van der Waals surface area (Å²) in [5.74, 6) is 0. The van der Waals surface area contributed by atoms with Gasteiger partial charge in [0.2, 0.25) is 6.29 Å². The first-order valence-corrected chi connectivity index (χ1v) is 8.32. The summed E-state index contributed by atoms with van der Waals surface area (Å²) in [7, 11) is -3.64. The van der Waals surface area contributed by atoms with Crippen molar-refractivity contribution in [3.63, 3.8) is 0 Å². The lowest BCUT2D eigenvalue weighted by atomic mass is 9.87. The van der Waals surface area contributed by atoms with E-state index >= 15 is 0 Å². The molecule has 0 saturated carbocycles. The molecule has 4 nitrogen and oxygen atoms in total. The van der Waals surface area contributed by atoms with Gasteiger partial charge in [-0.2, -0.15) is 0 Å². The van der Waals surface area contributed by atoms with Gasteiger partial charge in [-0.1, -0.05) is 32.9 Å². The largest absolute Gasteiger partial charge is 0.285 e. The van der Waals surface area contributed by atoms with Crippen molar-refractivity contribution in [3.05, 3.63) is 59.7 Å². The molecule has 0 fully saturated rings. The van der Waals surface area contributed by atoms with E-state index in [4.69, 9.17) is 0 Å². The average Bonchev–Trinajstić information content (AvgIpc) is 2.47. The average molecular weight is 316 g/mol. The van der Waals surface area contributed by atoms with Gasteiger partial charge in [-0.05, 0) is 47.4 Å². The highest BCUT2D eigenvalue weighted by atomic mass is 32.2. The molecule has 22 heavy (non-hydrogen) atoms. The van der Waals surface area contributed by atoms with E-state index in [0.29, 0.717) is 11.3 Å². The van der Waals surface area contributed by atoms with Crippen molar-refractivity contribution in [1.29, 1.82) is 0 Å². The highest BCUT2D eigenvalue weighted by Crippen LogP contribution is 2.24. The minimum absolute atomic E-state index is 0.0309. The van der Waals surface area contributed by atoms with Crippen LogP contribution in [0.4, 0.5) is 5.69 Å². The number of rotatable bonds is 4. The normalized spacial score (nSPS) is 12.0. The highest BCUT2D eigenvalue weighted by Gasteiger charge is 2.17. The monoisotopic (exact) mass is 316 g/mol. The first-order chi connectivity index (χ1) is 10.2. The van der Waals surface area contributed by atoms with E-state index in [2.05, 4.69) is 25.5 Å². The first-order valence-electron chi connectivity index (χ1n) is 6.84. The van der Waals surface area contributed by atoms with E-state index in [0.717, 1.165) is 5.56 Å². The van der Waals surface area contributed by atoms with Gasteiger partial charge in [0.05, 0.1) is 4.90 Å². The Hall–Kier alpha value is -2.14. The first kappa shape index (κ1) is 16.2. The van der Waals surface area contributed by atoms with E-state index in [-0.39, 0.29) is 10.3 Å². The van der Waals surface area contributed by atoms with Gasteiger partial charge in [0.1, 0.15) is 0 Å². The molecular weight excluding hydrogens is 298 g/mol. The molecule has 0 amide bonds. The van der Waals surface area contributed by atoms with Crippen LogP contribution in [-0.2, 0) is 20.2 Å². The van der Waals surface area contributed by atoms with Gasteiger partial charge in [0.25, 0.3) is 10.0 Å². The van der Waals surface area contributed by atoms with E-state index in [1.807, 2.05) is 12.1 Å². The van der Waals surface area contributed by atoms with Gasteiger partial charge < -0.3 is 0 Å². The van der Waals surface area contributed by atoms with Crippen LogP contribution in [0, 0.1) is 0 Å². The molecule has 0 saturated heterocycles. The van der Waals surface area contributed by atoms with Gasteiger partial charge in [-0.25, -0.2) is 8.42 Å². The van der Waals surface area contributed by atoms with Crippen molar-refractivity contribution in [2.24, 2.45) is 0 Å². The lowest BCUT2D eigenvalue weighted by molar-refractivity contribution is 0.563. The molecule has 0 aliphatic rings. The number of benzene rings is 2. The smallest absolute Gasteiger partial charge is 0.261 e. The lowest BCUT2D eigenvalue weighted by Gasteiger charge is -2.19. The molecule has 1 N–H and O–H groups in total. The molecule has 0 unspecified atom stereocenters. The third-order valence-electron chi connectivity index (χ3n) is 3.29. The van der Waals surface area contributed by atoms with Crippen LogP contribution in [0.15, 0.2) is 53.4 Å². The van der Waals surface area contributed by atoms with Crippen molar-refractivity contribution < 1.29 is 13.2 Å². The fourth-order valence-corrected chi connectivity index (χ4v) is 3.01. The molecule has 0 aliphatic heterocycles. The molecule has 0 aliphatic carbocycles. The Morgan fingerprint density at radius 3 is 1.91 bits per heavy atom. The fraction of sp³-hybridized carbons (Fsp3) is 0.235. The summed E-state index contributed by atoms with van der Waals surface area (Å²) in [5, 5.41) is 0. The SMILES string of the molecule is CC(C)(C)c1ccc(S(=O)(=O)Nc2ccc([C]=O)cc2)cc1. The van der Waals surface area contributed by atoms with Crippen LogP contribution in [0.5, 0.6) is 0 Å². The molecule has 0 atom stereocenters. The van der Waals surface area contributed by atoms with Gasteiger partial charge in [0, 0.05) is 11.3 Å². The zero-order chi connectivity index (χ0) is 16.4. The Morgan fingerprint density at radius 1 is 0.909 bits per heavy atom. The standard InChI is InChI=1S/C17H18NO3S/c1-17(2,3)14-6-10-16(11-7-14)22(20,21)18-15-8-4-13(12-19)5-9-15/h4-11,18H,1-3H3. The number of hydrogen-bond acceptors (Lipinski definition) is 3. The molecule has 0 aromatic heterocycles. The number of anilines is 1. The third kappa shape index (κ3) is 3.74. The van der Waals surface area contributed by atoms with E-state index in [9.17, 15) is 13.2 Å². The van der Waals surface area contributed by atoms with Crippen LogP contribution >= 0.6 is 0 Å². The van der Waals surface area contributed by atoms with Crippen LogP contribution in [0.2, 0.25) is 0 Å². The summed E-state index contributed by atoms with van der Waals surface area (Å²) in [6.07, 6.45) is 1.74. The third-order valence-corrected chi connectivity index (χ3v) is 4.68. The summed E-state index contributed by atoms with van der Waals surface area (Å²) in [4.78, 5) is 10.7. The number of carbonyl (C=O) groups excluding carboxylic acids is 1. The quantitative estimate of drug-likeness (QED) is 0.942. The Kier molecular flexibility index (Phi) is 4.37. The maximum Gasteiger partial charge on any atom is 0.261 e. The molecule has 0 bridgehead atoms. The zero-order valence-corrected chi connectivity index (χ0v) is 13.6. The summed E-state index contributed by atoms with van der Waals surface area (Å²) >= 11 is 0. The van der Waals surface area contributed by atoms with E-state index in [1.165, 1.54) is 24.3 Å². The summed E-state index contributed by atoms with van der Waals surface area (Å²) in [5.41, 5.74) is 1.81. The molecule has 0 spiro atoms. The predicted molar refractivity (Wildman–Crippen MR) is 87.2 cm³/mol. The highest BCUT2D eigenvalue weighted by molar-refractivity contribution is 7.92. The lowest BCUT2D eigenvalue weighted by Crippen LogP contribution is -2.14. The van der Waals surface area contributed by atoms with Crippen LogP contribution in [-0.4, -0.2) is 14.7 Å². The van der Waals surface area contributed by atoms with Crippen molar-refractivity contribution in [2.75, 3.05) is 4.72 Å². The molecular formula is C17H18NO3S. The Balaban J connectivity index is 2.24. The van der Waals surface area contributed by atoms with Crippen LogP contribution in [0.3, 0.4) is 0 Å². The number of nitrogens with one attached hydrogen (secondary N) is 1. The minimum Gasteiger partial charge on any atom is -0.285 e. The van der Waals surface area contributed by atoms with Gasteiger partial charge in [0.15, 0.2) is 0 Å². The Bertz CT molecular complexity index is 755. The maximum absolute atomic E-state index is 12.3. The fourth-order valence-electron chi connectivity index (χ4n) is 1.95. The number of hydrogen-bond donors (Lipinski definition) is 1. The van der Waals surface area contributed by atoms with E-state index < -0.39 is 10.0 Å². The van der Waals surface area contributed by atoms with Crippen LogP contribution in [0.1, 0.15) is 31.9 Å². The van der Waals surface area contributed by atoms with Crippen molar-refractivity contribution in [2.45, 2.75) is 31.1 Å². The van der Waals surface area contributed by atoms with Crippen LogP contribution < -0.4 is 4.72 Å². The van der Waals surface area contributed by atoms with E-state index in [1.54, 1.807) is 18.4 Å². The van der Waals surface area contributed by atoms with Gasteiger partial charge >= 0.3 is 0 Å². The summed E-state index contributed by atoms with van der Waals surface area (Å²) in [6, 6.07) is 12.9.